The summed E-state index contributed by atoms with van der Waals surface area (Å²) in [5, 5.41) is 11.6. The third-order valence-corrected chi connectivity index (χ3v) is 3.74. The normalized spacial score (nSPS) is 25.1. The van der Waals surface area contributed by atoms with Crippen LogP contribution in [0.25, 0.3) is 0 Å². The van der Waals surface area contributed by atoms with Crippen LogP contribution in [0.4, 0.5) is 0 Å². The van der Waals surface area contributed by atoms with Gasteiger partial charge in [-0.25, -0.2) is 0 Å². The molecule has 4 heteroatoms. The average molecular weight is 222 g/mol. The molecule has 16 heavy (non-hydrogen) atoms. The van der Waals surface area contributed by atoms with Crippen LogP contribution in [0.5, 0.6) is 0 Å². The molecule has 0 bridgehead atoms. The van der Waals surface area contributed by atoms with Crippen molar-refractivity contribution in [1.82, 2.24) is 20.1 Å². The van der Waals surface area contributed by atoms with Gasteiger partial charge in [0.15, 0.2) is 0 Å². The van der Waals surface area contributed by atoms with Crippen LogP contribution in [0.2, 0.25) is 0 Å². The summed E-state index contributed by atoms with van der Waals surface area (Å²) in [6.07, 6.45) is 8.18. The topological polar surface area (TPSA) is 42.7 Å². The van der Waals surface area contributed by atoms with Gasteiger partial charge >= 0.3 is 0 Å². The minimum atomic E-state index is 0.734. The first-order valence-corrected chi connectivity index (χ1v) is 6.37. The average Bonchev–Trinajstić information content (AvgIpc) is 2.88. The van der Waals surface area contributed by atoms with Crippen molar-refractivity contribution in [3.05, 3.63) is 12.2 Å². The van der Waals surface area contributed by atoms with Crippen molar-refractivity contribution in [2.45, 2.75) is 45.1 Å². The van der Waals surface area contributed by atoms with Crippen LogP contribution in [0.3, 0.4) is 0 Å². The van der Waals surface area contributed by atoms with Crippen molar-refractivity contribution in [2.75, 3.05) is 6.54 Å². The van der Waals surface area contributed by atoms with E-state index in [2.05, 4.69) is 22.4 Å². The third-order valence-electron chi connectivity index (χ3n) is 3.74. The number of nitrogens with zero attached hydrogens (tertiary/aromatic N) is 3. The number of aryl methyl sites for hydroxylation is 1. The molecule has 1 heterocycles. The Morgan fingerprint density at radius 1 is 1.50 bits per heavy atom. The van der Waals surface area contributed by atoms with Crippen LogP contribution in [0, 0.1) is 5.92 Å². The first kappa shape index (κ1) is 11.6. The number of hydrogen-bond acceptors (Lipinski definition) is 3. The van der Waals surface area contributed by atoms with E-state index in [0.29, 0.717) is 0 Å². The van der Waals surface area contributed by atoms with Crippen LogP contribution >= 0.6 is 0 Å². The first-order chi connectivity index (χ1) is 7.81. The molecule has 0 radical (unpaired) electrons. The molecular formula is C12H22N4. The van der Waals surface area contributed by atoms with E-state index in [-0.39, 0.29) is 0 Å². The van der Waals surface area contributed by atoms with Crippen molar-refractivity contribution >= 4 is 0 Å². The lowest BCUT2D eigenvalue weighted by Crippen LogP contribution is -2.33. The highest BCUT2D eigenvalue weighted by Gasteiger charge is 2.24. The highest BCUT2D eigenvalue weighted by molar-refractivity contribution is 4.87. The molecule has 90 valence electrons. The smallest absolute Gasteiger partial charge is 0.133 e. The fourth-order valence-corrected chi connectivity index (χ4v) is 2.70. The number of rotatable bonds is 5. The van der Waals surface area contributed by atoms with E-state index in [1.54, 1.807) is 6.33 Å². The van der Waals surface area contributed by atoms with Crippen LogP contribution in [0.1, 0.15) is 38.4 Å². The van der Waals surface area contributed by atoms with Gasteiger partial charge in [0, 0.05) is 26.1 Å². The molecule has 1 aromatic rings. The molecule has 0 amide bonds. The zero-order chi connectivity index (χ0) is 11.4. The molecule has 2 unspecified atom stereocenters. The molecule has 0 aromatic carbocycles. The van der Waals surface area contributed by atoms with Gasteiger partial charge in [-0.3, -0.25) is 0 Å². The molecule has 4 nitrogen and oxygen atoms in total. The third kappa shape index (κ3) is 2.61. The van der Waals surface area contributed by atoms with Gasteiger partial charge in [0.25, 0.3) is 0 Å². The van der Waals surface area contributed by atoms with Crippen LogP contribution in [0.15, 0.2) is 6.33 Å². The van der Waals surface area contributed by atoms with E-state index in [1.165, 1.54) is 25.7 Å². The van der Waals surface area contributed by atoms with Crippen LogP contribution in [-0.2, 0) is 13.5 Å². The summed E-state index contributed by atoms with van der Waals surface area (Å²) in [6, 6.07) is 0.734. The van der Waals surface area contributed by atoms with Gasteiger partial charge in [-0.1, -0.05) is 19.8 Å². The highest BCUT2D eigenvalue weighted by atomic mass is 15.2. The van der Waals surface area contributed by atoms with Gasteiger partial charge < -0.3 is 9.88 Å². The molecule has 1 fully saturated rings. The van der Waals surface area contributed by atoms with E-state index >= 15 is 0 Å². The maximum Gasteiger partial charge on any atom is 0.133 e. The zero-order valence-electron chi connectivity index (χ0n) is 10.3. The summed E-state index contributed by atoms with van der Waals surface area (Å²) in [5.74, 6) is 1.96. The summed E-state index contributed by atoms with van der Waals surface area (Å²) in [7, 11) is 2.00. The molecule has 0 saturated heterocycles. The van der Waals surface area contributed by atoms with E-state index < -0.39 is 0 Å². The Morgan fingerprint density at radius 2 is 2.38 bits per heavy atom. The number of nitrogens with one attached hydrogen (secondary N) is 1. The Labute approximate surface area is 97.5 Å². The first-order valence-electron chi connectivity index (χ1n) is 6.37. The maximum atomic E-state index is 4.09. The zero-order valence-corrected chi connectivity index (χ0v) is 10.3. The molecule has 1 aliphatic carbocycles. The second-order valence-corrected chi connectivity index (χ2v) is 4.77. The predicted octanol–water partition coefficient (Wildman–Crippen LogP) is 1.53. The standard InChI is InChI=1S/C12H22N4/c1-3-10-5-4-6-11(10)13-8-7-12-15-14-9-16(12)2/h9-11,13H,3-8H2,1-2H3. The lowest BCUT2D eigenvalue weighted by atomic mass is 10.0. The lowest BCUT2D eigenvalue weighted by molar-refractivity contribution is 0.391. The van der Waals surface area contributed by atoms with Gasteiger partial charge in [-0.2, -0.15) is 0 Å². The Kier molecular flexibility index (Phi) is 3.93. The quantitative estimate of drug-likeness (QED) is 0.821. The van der Waals surface area contributed by atoms with Crippen molar-refractivity contribution in [3.8, 4) is 0 Å². The summed E-state index contributed by atoms with van der Waals surface area (Å²) in [6.45, 7) is 3.32. The monoisotopic (exact) mass is 222 g/mol. The predicted molar refractivity (Wildman–Crippen MR) is 64.1 cm³/mol. The molecule has 1 saturated carbocycles. The highest BCUT2D eigenvalue weighted by Crippen LogP contribution is 2.27. The molecule has 2 rings (SSSR count). The number of aromatic nitrogens is 3. The summed E-state index contributed by atoms with van der Waals surface area (Å²) < 4.78 is 1.99. The van der Waals surface area contributed by atoms with E-state index in [0.717, 1.165) is 30.7 Å². The van der Waals surface area contributed by atoms with Gasteiger partial charge in [0.2, 0.25) is 0 Å². The Balaban J connectivity index is 1.74. The Bertz CT molecular complexity index is 321. The van der Waals surface area contributed by atoms with Crippen LogP contribution in [-0.4, -0.2) is 27.4 Å². The number of hydrogen-bond donors (Lipinski definition) is 1. The molecule has 1 N–H and O–H groups in total. The van der Waals surface area contributed by atoms with Gasteiger partial charge in [-0.15, -0.1) is 10.2 Å². The van der Waals surface area contributed by atoms with E-state index in [9.17, 15) is 0 Å². The molecule has 1 aliphatic rings. The second kappa shape index (κ2) is 5.43. The van der Waals surface area contributed by atoms with Gasteiger partial charge in [-0.05, 0) is 18.8 Å². The molecule has 0 spiro atoms. The Morgan fingerprint density at radius 3 is 3.06 bits per heavy atom. The summed E-state index contributed by atoms with van der Waals surface area (Å²) >= 11 is 0. The minimum Gasteiger partial charge on any atom is -0.321 e. The van der Waals surface area contributed by atoms with Crippen molar-refractivity contribution in [3.63, 3.8) is 0 Å². The van der Waals surface area contributed by atoms with Crippen molar-refractivity contribution in [1.29, 1.82) is 0 Å². The molecular weight excluding hydrogens is 200 g/mol. The summed E-state index contributed by atoms with van der Waals surface area (Å²) in [5.41, 5.74) is 0. The van der Waals surface area contributed by atoms with E-state index in [4.69, 9.17) is 0 Å². The maximum absolute atomic E-state index is 4.09. The van der Waals surface area contributed by atoms with Gasteiger partial charge in [0.05, 0.1) is 0 Å². The SMILES string of the molecule is CCC1CCCC1NCCc1nncn1C. The van der Waals surface area contributed by atoms with Crippen LogP contribution < -0.4 is 5.32 Å². The summed E-state index contributed by atoms with van der Waals surface area (Å²) in [4.78, 5) is 0. The van der Waals surface area contributed by atoms with E-state index in [1.807, 2.05) is 11.6 Å². The minimum absolute atomic E-state index is 0.734. The second-order valence-electron chi connectivity index (χ2n) is 4.77. The lowest BCUT2D eigenvalue weighted by Gasteiger charge is -2.19. The molecule has 2 atom stereocenters. The Hall–Kier alpha value is -0.900. The molecule has 1 aromatic heterocycles. The fraction of sp³-hybridized carbons (Fsp3) is 0.833. The molecule has 0 aliphatic heterocycles. The largest absolute Gasteiger partial charge is 0.321 e. The van der Waals surface area contributed by atoms with Crippen molar-refractivity contribution in [2.24, 2.45) is 13.0 Å². The van der Waals surface area contributed by atoms with Gasteiger partial charge in [0.1, 0.15) is 12.2 Å². The van der Waals surface area contributed by atoms with Crippen molar-refractivity contribution < 1.29 is 0 Å². The fourth-order valence-electron chi connectivity index (χ4n) is 2.70.